The van der Waals surface area contributed by atoms with E-state index in [1.165, 1.54) is 5.57 Å². The zero-order valence-electron chi connectivity index (χ0n) is 7.81. The third-order valence-electron chi connectivity index (χ3n) is 1.01. The van der Waals surface area contributed by atoms with Gasteiger partial charge in [0.15, 0.2) is 0 Å². The Morgan fingerprint density at radius 3 is 2.10 bits per heavy atom. The Labute approximate surface area is 64.8 Å². The van der Waals surface area contributed by atoms with E-state index in [4.69, 9.17) is 0 Å². The van der Waals surface area contributed by atoms with Gasteiger partial charge in [-0.3, -0.25) is 0 Å². The van der Waals surface area contributed by atoms with E-state index in [9.17, 15) is 0 Å². The average molecular weight is 142 g/mol. The molecule has 0 aliphatic heterocycles. The standard InChI is InChI=1S/C7H13N.C2H6/c1-4-7(2)5-6-8-3;1-2/h4-6,8H,1-3H3;1-2H3/p+1/b6-5-,7-4-;. The van der Waals surface area contributed by atoms with Crippen molar-refractivity contribution in [2.45, 2.75) is 27.7 Å². The highest BCUT2D eigenvalue weighted by molar-refractivity contribution is 5.12. The maximum Gasteiger partial charge on any atom is 0.0926 e. The number of rotatable bonds is 2. The van der Waals surface area contributed by atoms with Gasteiger partial charge in [0, 0.05) is 0 Å². The van der Waals surface area contributed by atoms with Crippen molar-refractivity contribution in [3.05, 3.63) is 23.9 Å². The Hall–Kier alpha value is -0.560. The molecule has 1 heteroatoms. The van der Waals surface area contributed by atoms with E-state index in [1.807, 2.05) is 39.3 Å². The first-order valence-corrected chi connectivity index (χ1v) is 3.90. The van der Waals surface area contributed by atoms with Gasteiger partial charge < -0.3 is 5.32 Å². The predicted octanol–water partition coefficient (Wildman–Crippen LogP) is 1.69. The molecule has 0 unspecified atom stereocenters. The van der Waals surface area contributed by atoms with Crippen molar-refractivity contribution in [2.75, 3.05) is 7.05 Å². The highest BCUT2D eigenvalue weighted by atomic mass is 14.8. The largest absolute Gasteiger partial charge is 0.322 e. The van der Waals surface area contributed by atoms with E-state index < -0.39 is 0 Å². The summed E-state index contributed by atoms with van der Waals surface area (Å²) in [5.41, 5.74) is 1.31. The maximum atomic E-state index is 2.08. The molecule has 0 saturated carbocycles. The maximum absolute atomic E-state index is 2.08. The van der Waals surface area contributed by atoms with Crippen LogP contribution in [0.3, 0.4) is 0 Å². The Balaban J connectivity index is 0. The van der Waals surface area contributed by atoms with Crippen molar-refractivity contribution >= 4 is 0 Å². The zero-order valence-corrected chi connectivity index (χ0v) is 7.81. The monoisotopic (exact) mass is 142 g/mol. The summed E-state index contributed by atoms with van der Waals surface area (Å²) >= 11 is 0. The first-order valence-electron chi connectivity index (χ1n) is 3.90. The lowest BCUT2D eigenvalue weighted by atomic mass is 10.3. The van der Waals surface area contributed by atoms with Gasteiger partial charge in [-0.2, -0.15) is 0 Å². The van der Waals surface area contributed by atoms with Crippen molar-refractivity contribution in [2.24, 2.45) is 0 Å². The summed E-state index contributed by atoms with van der Waals surface area (Å²) in [4.78, 5) is 0. The highest BCUT2D eigenvalue weighted by Gasteiger charge is 1.74. The Morgan fingerprint density at radius 2 is 1.80 bits per heavy atom. The third-order valence-corrected chi connectivity index (χ3v) is 1.01. The summed E-state index contributed by atoms with van der Waals surface area (Å²) in [6.45, 7) is 8.12. The summed E-state index contributed by atoms with van der Waals surface area (Å²) < 4.78 is 0. The van der Waals surface area contributed by atoms with Crippen LogP contribution in [0.4, 0.5) is 0 Å². The number of hydrogen-bond donors (Lipinski definition) is 1. The van der Waals surface area contributed by atoms with Crippen LogP contribution in [0.15, 0.2) is 23.9 Å². The number of hydrogen-bond acceptors (Lipinski definition) is 0. The van der Waals surface area contributed by atoms with E-state index in [1.54, 1.807) is 0 Å². The van der Waals surface area contributed by atoms with Crippen LogP contribution in [0.5, 0.6) is 0 Å². The lowest BCUT2D eigenvalue weighted by molar-refractivity contribution is -0.556. The van der Waals surface area contributed by atoms with Gasteiger partial charge in [0.2, 0.25) is 0 Å². The SMILES string of the molecule is C/C=C(C)\C=C/[NH2+]C.CC. The molecular formula is C9H20N+. The van der Waals surface area contributed by atoms with E-state index in [2.05, 4.69) is 19.1 Å². The second-order valence-corrected chi connectivity index (χ2v) is 1.73. The van der Waals surface area contributed by atoms with Crippen LogP contribution in [-0.2, 0) is 0 Å². The second kappa shape index (κ2) is 11.3. The molecule has 0 aliphatic carbocycles. The minimum absolute atomic E-state index is 1.31. The van der Waals surface area contributed by atoms with Gasteiger partial charge in [0.1, 0.15) is 0 Å². The predicted molar refractivity (Wildman–Crippen MR) is 47.8 cm³/mol. The van der Waals surface area contributed by atoms with Gasteiger partial charge in [-0.25, -0.2) is 0 Å². The molecular weight excluding hydrogens is 122 g/mol. The van der Waals surface area contributed by atoms with Crippen molar-refractivity contribution in [1.82, 2.24) is 0 Å². The van der Waals surface area contributed by atoms with Gasteiger partial charge in [-0.15, -0.1) is 0 Å². The van der Waals surface area contributed by atoms with Crippen LogP contribution in [0.25, 0.3) is 0 Å². The molecule has 1 nitrogen and oxygen atoms in total. The van der Waals surface area contributed by atoms with Gasteiger partial charge >= 0.3 is 0 Å². The van der Waals surface area contributed by atoms with Gasteiger partial charge in [-0.1, -0.05) is 25.5 Å². The quantitative estimate of drug-likeness (QED) is 0.565. The van der Waals surface area contributed by atoms with Gasteiger partial charge in [0.05, 0.1) is 13.2 Å². The zero-order chi connectivity index (χ0) is 8.41. The molecule has 60 valence electrons. The second-order valence-electron chi connectivity index (χ2n) is 1.73. The summed E-state index contributed by atoms with van der Waals surface area (Å²) in [6.07, 6.45) is 6.20. The minimum atomic E-state index is 1.31. The van der Waals surface area contributed by atoms with Gasteiger partial charge in [0.25, 0.3) is 0 Å². The van der Waals surface area contributed by atoms with Crippen LogP contribution in [0.2, 0.25) is 0 Å². The van der Waals surface area contributed by atoms with E-state index in [0.29, 0.717) is 0 Å². The molecule has 0 spiro atoms. The van der Waals surface area contributed by atoms with E-state index >= 15 is 0 Å². The Bertz CT molecular complexity index is 101. The molecule has 0 aromatic heterocycles. The summed E-state index contributed by atoms with van der Waals surface area (Å²) in [6, 6.07) is 0. The number of allylic oxidation sites excluding steroid dienone is 3. The molecule has 0 saturated heterocycles. The fourth-order valence-electron chi connectivity index (χ4n) is 0.344. The molecule has 0 fully saturated rings. The molecule has 2 N–H and O–H groups in total. The van der Waals surface area contributed by atoms with Crippen LogP contribution in [0, 0.1) is 0 Å². The van der Waals surface area contributed by atoms with Gasteiger partial charge in [-0.05, 0) is 19.9 Å². The van der Waals surface area contributed by atoms with Crippen LogP contribution >= 0.6 is 0 Å². The fourth-order valence-corrected chi connectivity index (χ4v) is 0.344. The van der Waals surface area contributed by atoms with Crippen LogP contribution < -0.4 is 5.32 Å². The minimum Gasteiger partial charge on any atom is -0.322 e. The van der Waals surface area contributed by atoms with Crippen LogP contribution in [-0.4, -0.2) is 7.05 Å². The molecule has 0 atom stereocenters. The van der Waals surface area contributed by atoms with E-state index in [-0.39, 0.29) is 0 Å². The van der Waals surface area contributed by atoms with Crippen molar-refractivity contribution < 1.29 is 5.32 Å². The molecule has 0 radical (unpaired) electrons. The first kappa shape index (κ1) is 12.1. The summed E-state index contributed by atoms with van der Waals surface area (Å²) in [5.74, 6) is 0. The topological polar surface area (TPSA) is 16.6 Å². The molecule has 0 amide bonds. The average Bonchev–Trinajstić information content (AvgIpc) is 2.04. The first-order chi connectivity index (χ1) is 4.81. The Kier molecular flexibility index (Phi) is 13.7. The molecule has 0 aromatic carbocycles. The molecule has 10 heavy (non-hydrogen) atoms. The lowest BCUT2D eigenvalue weighted by Gasteiger charge is -1.83. The van der Waals surface area contributed by atoms with Crippen molar-refractivity contribution in [1.29, 1.82) is 0 Å². The summed E-state index contributed by atoms with van der Waals surface area (Å²) in [7, 11) is 2.01. The third kappa shape index (κ3) is 10.4. The van der Waals surface area contributed by atoms with Crippen molar-refractivity contribution in [3.8, 4) is 0 Å². The highest BCUT2D eigenvalue weighted by Crippen LogP contribution is 1.89. The molecule has 0 rings (SSSR count). The molecule has 0 heterocycles. The van der Waals surface area contributed by atoms with E-state index in [0.717, 1.165) is 0 Å². The lowest BCUT2D eigenvalue weighted by Crippen LogP contribution is -2.72. The normalized spacial score (nSPS) is 11.1. The molecule has 0 bridgehead atoms. The fraction of sp³-hybridized carbons (Fsp3) is 0.556. The Morgan fingerprint density at radius 1 is 1.30 bits per heavy atom. The number of quaternary nitrogens is 1. The smallest absolute Gasteiger partial charge is 0.0926 e. The summed E-state index contributed by atoms with van der Waals surface area (Å²) in [5, 5.41) is 2.02. The molecule has 0 aromatic rings. The molecule has 0 aliphatic rings. The van der Waals surface area contributed by atoms with Crippen molar-refractivity contribution in [3.63, 3.8) is 0 Å². The van der Waals surface area contributed by atoms with Crippen LogP contribution in [0.1, 0.15) is 27.7 Å². The number of nitrogens with two attached hydrogens (primary N) is 1.